The van der Waals surface area contributed by atoms with Crippen LogP contribution in [0.3, 0.4) is 0 Å². The van der Waals surface area contributed by atoms with Crippen LogP contribution in [-0.4, -0.2) is 70.5 Å². The fraction of sp³-hybridized carbons (Fsp3) is 0.360. The molecule has 0 aliphatic carbocycles. The summed E-state index contributed by atoms with van der Waals surface area (Å²) in [6.07, 6.45) is -0.535. The number of rotatable bonds is 8. The third kappa shape index (κ3) is 5.59. The van der Waals surface area contributed by atoms with Gasteiger partial charge in [0, 0.05) is 50.4 Å². The summed E-state index contributed by atoms with van der Waals surface area (Å²) in [5, 5.41) is 15.7. The summed E-state index contributed by atoms with van der Waals surface area (Å²) < 4.78 is 12.5. The Balaban J connectivity index is 1.05. The van der Waals surface area contributed by atoms with Gasteiger partial charge in [0.25, 0.3) is 0 Å². The maximum absolute atomic E-state index is 10.5. The van der Waals surface area contributed by atoms with Crippen LogP contribution in [0.2, 0.25) is 0 Å². The lowest BCUT2D eigenvalue weighted by molar-refractivity contribution is 0.0430. The monoisotopic (exact) mass is 464 g/mol. The lowest BCUT2D eigenvalue weighted by atomic mass is 10.1. The minimum absolute atomic E-state index is 0.273. The number of piperazine rings is 1. The molecule has 1 aliphatic rings. The van der Waals surface area contributed by atoms with Crippen LogP contribution in [-0.2, 0) is 6.54 Å². The number of thiazole rings is 1. The van der Waals surface area contributed by atoms with Crippen molar-refractivity contribution in [3.05, 3.63) is 65.4 Å². The largest absolute Gasteiger partial charge is 0.491 e. The summed E-state index contributed by atoms with van der Waals surface area (Å²) in [5.41, 5.74) is 2.88. The van der Waals surface area contributed by atoms with Crippen LogP contribution in [0.25, 0.3) is 21.5 Å². The zero-order valence-corrected chi connectivity index (χ0v) is 19.5. The molecule has 1 N–H and O–H groups in total. The van der Waals surface area contributed by atoms with Crippen molar-refractivity contribution in [1.82, 2.24) is 19.9 Å². The molecule has 0 amide bonds. The van der Waals surface area contributed by atoms with Gasteiger partial charge in [-0.1, -0.05) is 35.5 Å². The molecule has 0 saturated carbocycles. The van der Waals surface area contributed by atoms with Crippen molar-refractivity contribution < 1.29 is 14.4 Å². The SMILES string of the molecule is Cc1nc2cc(OCC(O)CN3CCN(Cc4cc(-c5ccccc5)no4)CC3)ccc2s1. The number of fused-ring (bicyclic) bond motifs is 1. The van der Waals surface area contributed by atoms with E-state index in [1.807, 2.05) is 61.5 Å². The highest BCUT2D eigenvalue weighted by molar-refractivity contribution is 7.18. The molecular formula is C25H28N4O3S. The number of aryl methyl sites for hydroxylation is 1. The van der Waals surface area contributed by atoms with Crippen LogP contribution >= 0.6 is 11.3 Å². The molecule has 3 heterocycles. The summed E-state index contributed by atoms with van der Waals surface area (Å²) in [6, 6.07) is 18.0. The van der Waals surface area contributed by atoms with E-state index in [0.717, 1.165) is 70.7 Å². The van der Waals surface area contributed by atoms with Gasteiger partial charge in [-0.3, -0.25) is 9.80 Å². The Hall–Kier alpha value is -2.78. The Morgan fingerprint density at radius 1 is 1.06 bits per heavy atom. The molecule has 172 valence electrons. The van der Waals surface area contributed by atoms with E-state index in [2.05, 4.69) is 19.9 Å². The summed E-state index contributed by atoms with van der Waals surface area (Å²) in [5.74, 6) is 1.63. The minimum Gasteiger partial charge on any atom is -0.491 e. The smallest absolute Gasteiger partial charge is 0.151 e. The third-order valence-corrected chi connectivity index (χ3v) is 6.80. The zero-order valence-electron chi connectivity index (χ0n) is 18.7. The minimum atomic E-state index is -0.535. The third-order valence-electron chi connectivity index (χ3n) is 5.85. The number of aliphatic hydroxyl groups excluding tert-OH is 1. The van der Waals surface area contributed by atoms with E-state index in [9.17, 15) is 5.11 Å². The van der Waals surface area contributed by atoms with Crippen molar-refractivity contribution >= 4 is 21.6 Å². The van der Waals surface area contributed by atoms with E-state index in [0.29, 0.717) is 6.54 Å². The lowest BCUT2D eigenvalue weighted by Gasteiger charge is -2.35. The Morgan fingerprint density at radius 2 is 1.85 bits per heavy atom. The number of hydrogen-bond acceptors (Lipinski definition) is 8. The van der Waals surface area contributed by atoms with Crippen molar-refractivity contribution in [3.8, 4) is 17.0 Å². The second-order valence-corrected chi connectivity index (χ2v) is 9.68. The number of β-amino-alcohol motifs (C(OH)–C–C–N with tert-alkyl or cyclic N) is 1. The molecule has 1 unspecified atom stereocenters. The molecule has 2 aromatic carbocycles. The number of aliphatic hydroxyl groups is 1. The standard InChI is InChI=1S/C25H28N4O3S/c1-18-26-24-13-21(7-8-25(24)33-18)31-17-20(30)15-28-9-11-29(12-10-28)16-22-14-23(27-32-22)19-5-3-2-4-6-19/h2-8,13-14,20,30H,9-12,15-17H2,1H3. The first-order chi connectivity index (χ1) is 16.1. The summed E-state index contributed by atoms with van der Waals surface area (Å²) in [6.45, 7) is 7.28. The number of hydrogen-bond donors (Lipinski definition) is 1. The second-order valence-electron chi connectivity index (χ2n) is 8.45. The maximum atomic E-state index is 10.5. The molecule has 1 fully saturated rings. The maximum Gasteiger partial charge on any atom is 0.151 e. The van der Waals surface area contributed by atoms with Gasteiger partial charge in [-0.15, -0.1) is 11.3 Å². The van der Waals surface area contributed by atoms with Gasteiger partial charge in [0.15, 0.2) is 5.76 Å². The highest BCUT2D eigenvalue weighted by Gasteiger charge is 2.21. The topological polar surface area (TPSA) is 74.9 Å². The van der Waals surface area contributed by atoms with Gasteiger partial charge >= 0.3 is 0 Å². The van der Waals surface area contributed by atoms with Crippen molar-refractivity contribution in [3.63, 3.8) is 0 Å². The van der Waals surface area contributed by atoms with E-state index < -0.39 is 6.10 Å². The Kier molecular flexibility index (Phi) is 6.68. The van der Waals surface area contributed by atoms with Gasteiger partial charge in [-0.25, -0.2) is 4.98 Å². The highest BCUT2D eigenvalue weighted by atomic mass is 32.1. The average Bonchev–Trinajstić information content (AvgIpc) is 3.45. The normalized spacial score (nSPS) is 16.3. The first kappa shape index (κ1) is 22.0. The fourth-order valence-corrected chi connectivity index (χ4v) is 4.95. The molecule has 1 atom stereocenters. The molecule has 0 bridgehead atoms. The van der Waals surface area contributed by atoms with Crippen LogP contribution in [0.5, 0.6) is 5.75 Å². The summed E-state index contributed by atoms with van der Waals surface area (Å²) >= 11 is 1.67. The van der Waals surface area contributed by atoms with Crippen LogP contribution in [0, 0.1) is 6.92 Å². The summed E-state index contributed by atoms with van der Waals surface area (Å²) in [7, 11) is 0. The number of ether oxygens (including phenoxy) is 1. The Bertz CT molecular complexity index is 1180. The molecule has 2 aromatic heterocycles. The van der Waals surface area contributed by atoms with E-state index in [4.69, 9.17) is 9.26 Å². The molecule has 0 spiro atoms. The van der Waals surface area contributed by atoms with Gasteiger partial charge in [-0.2, -0.15) is 0 Å². The molecule has 7 nitrogen and oxygen atoms in total. The number of aromatic nitrogens is 2. The van der Waals surface area contributed by atoms with Crippen molar-refractivity contribution in [2.24, 2.45) is 0 Å². The highest BCUT2D eigenvalue weighted by Crippen LogP contribution is 2.25. The second kappa shape index (κ2) is 10.0. The van der Waals surface area contributed by atoms with Crippen molar-refractivity contribution in [2.45, 2.75) is 19.6 Å². The number of benzene rings is 2. The van der Waals surface area contributed by atoms with Crippen LogP contribution in [0.1, 0.15) is 10.8 Å². The molecule has 8 heteroatoms. The van der Waals surface area contributed by atoms with E-state index in [-0.39, 0.29) is 6.61 Å². The zero-order chi connectivity index (χ0) is 22.6. The van der Waals surface area contributed by atoms with Crippen LogP contribution in [0.4, 0.5) is 0 Å². The molecule has 4 aromatic rings. The molecule has 5 rings (SSSR count). The summed E-state index contributed by atoms with van der Waals surface area (Å²) in [4.78, 5) is 9.15. The van der Waals surface area contributed by atoms with Crippen LogP contribution < -0.4 is 4.74 Å². The van der Waals surface area contributed by atoms with Crippen molar-refractivity contribution in [2.75, 3.05) is 39.3 Å². The van der Waals surface area contributed by atoms with Crippen molar-refractivity contribution in [1.29, 1.82) is 0 Å². The van der Waals surface area contributed by atoms with Gasteiger partial charge in [0.1, 0.15) is 24.2 Å². The average molecular weight is 465 g/mol. The van der Waals surface area contributed by atoms with Gasteiger partial charge in [-0.05, 0) is 19.1 Å². The van der Waals surface area contributed by atoms with Crippen LogP contribution in [0.15, 0.2) is 59.1 Å². The van der Waals surface area contributed by atoms with Gasteiger partial charge in [0.2, 0.25) is 0 Å². The first-order valence-electron chi connectivity index (χ1n) is 11.3. The van der Waals surface area contributed by atoms with E-state index in [1.54, 1.807) is 11.3 Å². The van der Waals surface area contributed by atoms with E-state index >= 15 is 0 Å². The molecular weight excluding hydrogens is 436 g/mol. The molecule has 0 radical (unpaired) electrons. The lowest BCUT2D eigenvalue weighted by Crippen LogP contribution is -2.48. The first-order valence-corrected chi connectivity index (χ1v) is 12.1. The fourth-order valence-electron chi connectivity index (χ4n) is 4.14. The Labute approximate surface area is 197 Å². The molecule has 1 saturated heterocycles. The predicted molar refractivity (Wildman–Crippen MR) is 130 cm³/mol. The Morgan fingerprint density at radius 3 is 2.67 bits per heavy atom. The van der Waals surface area contributed by atoms with E-state index in [1.165, 1.54) is 0 Å². The van der Waals surface area contributed by atoms with Gasteiger partial charge in [0.05, 0.1) is 21.8 Å². The predicted octanol–water partition coefficient (Wildman–Crippen LogP) is 3.82. The molecule has 33 heavy (non-hydrogen) atoms. The van der Waals surface area contributed by atoms with Gasteiger partial charge < -0.3 is 14.4 Å². The quantitative estimate of drug-likeness (QED) is 0.425. The molecule has 1 aliphatic heterocycles. The number of nitrogens with zero attached hydrogens (tertiary/aromatic N) is 4.